The van der Waals surface area contributed by atoms with Crippen LogP contribution in [0.25, 0.3) is 0 Å². The number of aryl methyl sites for hydroxylation is 1. The van der Waals surface area contributed by atoms with Crippen molar-refractivity contribution in [2.75, 3.05) is 5.32 Å². The van der Waals surface area contributed by atoms with Crippen LogP contribution in [0.4, 0.5) is 5.69 Å². The van der Waals surface area contributed by atoms with E-state index in [2.05, 4.69) is 50.3 Å². The van der Waals surface area contributed by atoms with Gasteiger partial charge in [0.2, 0.25) is 6.10 Å². The third-order valence-electron chi connectivity index (χ3n) is 4.20. The Hall–Kier alpha value is -2.62. The predicted molar refractivity (Wildman–Crippen MR) is 108 cm³/mol. The molecule has 0 heterocycles. The lowest BCUT2D eigenvalue weighted by atomic mass is 9.87. The summed E-state index contributed by atoms with van der Waals surface area (Å²) >= 11 is 0. The van der Waals surface area contributed by atoms with Crippen molar-refractivity contribution in [3.05, 3.63) is 65.2 Å². The Morgan fingerprint density at radius 2 is 1.73 bits per heavy atom. The lowest BCUT2D eigenvalue weighted by molar-refractivity contribution is -0.126. The average Bonchev–Trinajstić information content (AvgIpc) is 2.62. The summed E-state index contributed by atoms with van der Waals surface area (Å²) < 4.78 is 0. The van der Waals surface area contributed by atoms with Crippen molar-refractivity contribution >= 4 is 17.8 Å². The van der Waals surface area contributed by atoms with Crippen molar-refractivity contribution in [2.45, 2.75) is 52.6 Å². The number of hydrogen-bond donors (Lipinski definition) is 1. The van der Waals surface area contributed by atoms with Crippen molar-refractivity contribution in [1.82, 2.24) is 0 Å². The number of hydrogen-bond acceptors (Lipinski definition) is 3. The van der Waals surface area contributed by atoms with Crippen molar-refractivity contribution in [3.8, 4) is 0 Å². The highest BCUT2D eigenvalue weighted by Crippen LogP contribution is 2.21. The molecule has 2 rings (SSSR count). The SMILES string of the molecule is CCc1ccc(NC(=O)C(C)O/N=C/c2ccc(C(C)(C)C)cc2)cc1. The maximum absolute atomic E-state index is 12.2. The number of anilines is 1. The van der Waals surface area contributed by atoms with E-state index in [9.17, 15) is 4.79 Å². The van der Waals surface area contributed by atoms with E-state index >= 15 is 0 Å². The molecule has 2 aromatic carbocycles. The molecule has 2 aromatic rings. The quantitative estimate of drug-likeness (QED) is 0.592. The van der Waals surface area contributed by atoms with E-state index in [0.29, 0.717) is 0 Å². The predicted octanol–water partition coefficient (Wildman–Crippen LogP) is 4.92. The standard InChI is InChI=1S/C22H28N2O2/c1-6-17-9-13-20(14-10-17)24-21(25)16(2)26-23-15-18-7-11-19(12-8-18)22(3,4)5/h7-16H,6H2,1-5H3,(H,24,25)/b23-15+. The molecule has 0 saturated heterocycles. The van der Waals surface area contributed by atoms with Crippen LogP contribution in [0.15, 0.2) is 53.7 Å². The second kappa shape index (κ2) is 8.65. The molecular formula is C22H28N2O2. The van der Waals surface area contributed by atoms with Crippen molar-refractivity contribution in [2.24, 2.45) is 5.16 Å². The Morgan fingerprint density at radius 3 is 2.27 bits per heavy atom. The van der Waals surface area contributed by atoms with Gasteiger partial charge in [-0.2, -0.15) is 0 Å². The molecule has 0 bridgehead atoms. The van der Waals surface area contributed by atoms with Crippen LogP contribution in [0.2, 0.25) is 0 Å². The van der Waals surface area contributed by atoms with Gasteiger partial charge in [-0.25, -0.2) is 0 Å². The monoisotopic (exact) mass is 352 g/mol. The number of carbonyl (C=O) groups is 1. The van der Waals surface area contributed by atoms with Gasteiger partial charge in [-0.05, 0) is 47.6 Å². The van der Waals surface area contributed by atoms with E-state index in [1.165, 1.54) is 11.1 Å². The van der Waals surface area contributed by atoms with Crippen LogP contribution >= 0.6 is 0 Å². The number of amides is 1. The molecule has 0 aliphatic rings. The van der Waals surface area contributed by atoms with Gasteiger partial charge in [-0.1, -0.05) is 69.2 Å². The Labute approximate surface area is 156 Å². The molecular weight excluding hydrogens is 324 g/mol. The topological polar surface area (TPSA) is 50.7 Å². The van der Waals surface area contributed by atoms with Gasteiger partial charge in [0.1, 0.15) is 0 Å². The summed E-state index contributed by atoms with van der Waals surface area (Å²) in [5, 5.41) is 6.77. The molecule has 0 fully saturated rings. The Balaban J connectivity index is 1.87. The van der Waals surface area contributed by atoms with Gasteiger partial charge in [0, 0.05) is 5.69 Å². The molecule has 0 aliphatic heterocycles. The number of carbonyl (C=O) groups excluding carboxylic acids is 1. The highest BCUT2D eigenvalue weighted by molar-refractivity contribution is 5.94. The molecule has 0 radical (unpaired) electrons. The first-order valence-electron chi connectivity index (χ1n) is 8.99. The first-order chi connectivity index (χ1) is 12.3. The van der Waals surface area contributed by atoms with Crippen LogP contribution < -0.4 is 5.32 Å². The lowest BCUT2D eigenvalue weighted by Gasteiger charge is -2.18. The molecule has 4 heteroatoms. The molecule has 26 heavy (non-hydrogen) atoms. The van der Waals surface area contributed by atoms with Gasteiger partial charge in [0.05, 0.1) is 6.21 Å². The minimum Gasteiger partial charge on any atom is -0.383 e. The van der Waals surface area contributed by atoms with Crippen molar-refractivity contribution in [1.29, 1.82) is 0 Å². The second-order valence-electron chi connectivity index (χ2n) is 7.39. The second-order valence-corrected chi connectivity index (χ2v) is 7.39. The van der Waals surface area contributed by atoms with E-state index in [1.807, 2.05) is 36.4 Å². The molecule has 0 aliphatic carbocycles. The Kier molecular flexibility index (Phi) is 6.56. The zero-order chi connectivity index (χ0) is 19.2. The first-order valence-corrected chi connectivity index (χ1v) is 8.99. The molecule has 1 amide bonds. The summed E-state index contributed by atoms with van der Waals surface area (Å²) in [5.74, 6) is -0.227. The van der Waals surface area contributed by atoms with Gasteiger partial charge in [0.15, 0.2) is 0 Å². The summed E-state index contributed by atoms with van der Waals surface area (Å²) in [5.41, 5.74) is 4.30. The van der Waals surface area contributed by atoms with Gasteiger partial charge >= 0.3 is 0 Å². The van der Waals surface area contributed by atoms with Crippen LogP contribution in [-0.4, -0.2) is 18.2 Å². The summed E-state index contributed by atoms with van der Waals surface area (Å²) in [7, 11) is 0. The third-order valence-corrected chi connectivity index (χ3v) is 4.20. The van der Waals surface area contributed by atoms with Crippen molar-refractivity contribution < 1.29 is 9.63 Å². The number of nitrogens with zero attached hydrogens (tertiary/aromatic N) is 1. The van der Waals surface area contributed by atoms with Crippen LogP contribution in [0.1, 0.15) is 51.3 Å². The van der Waals surface area contributed by atoms with Gasteiger partial charge < -0.3 is 10.2 Å². The average molecular weight is 352 g/mol. The zero-order valence-electron chi connectivity index (χ0n) is 16.2. The normalized spacial score (nSPS) is 12.8. The maximum atomic E-state index is 12.2. The number of benzene rings is 2. The highest BCUT2D eigenvalue weighted by Gasteiger charge is 2.14. The van der Waals surface area contributed by atoms with Gasteiger partial charge in [0.25, 0.3) is 5.91 Å². The smallest absolute Gasteiger partial charge is 0.267 e. The maximum Gasteiger partial charge on any atom is 0.267 e. The molecule has 0 saturated carbocycles. The molecule has 138 valence electrons. The fourth-order valence-electron chi connectivity index (χ4n) is 2.37. The molecule has 1 atom stereocenters. The summed E-state index contributed by atoms with van der Waals surface area (Å²) in [4.78, 5) is 17.4. The summed E-state index contributed by atoms with van der Waals surface area (Å²) in [6, 6.07) is 15.9. The first kappa shape index (κ1) is 19.7. The van der Waals surface area contributed by atoms with Crippen LogP contribution in [-0.2, 0) is 21.5 Å². The minimum atomic E-state index is -0.675. The number of oxime groups is 1. The number of rotatable bonds is 6. The molecule has 0 aromatic heterocycles. The highest BCUT2D eigenvalue weighted by atomic mass is 16.6. The van der Waals surface area contributed by atoms with Gasteiger partial charge in [-0.15, -0.1) is 0 Å². The fraction of sp³-hybridized carbons (Fsp3) is 0.364. The summed E-state index contributed by atoms with van der Waals surface area (Å²) in [6.07, 6.45) is 1.91. The van der Waals surface area contributed by atoms with E-state index in [0.717, 1.165) is 17.7 Å². The molecule has 0 spiro atoms. The Morgan fingerprint density at radius 1 is 1.12 bits per heavy atom. The molecule has 4 nitrogen and oxygen atoms in total. The fourth-order valence-corrected chi connectivity index (χ4v) is 2.37. The van der Waals surface area contributed by atoms with Crippen LogP contribution in [0, 0.1) is 0 Å². The van der Waals surface area contributed by atoms with E-state index in [1.54, 1.807) is 13.1 Å². The third kappa shape index (κ3) is 5.73. The van der Waals surface area contributed by atoms with Crippen LogP contribution in [0.3, 0.4) is 0 Å². The van der Waals surface area contributed by atoms with Gasteiger partial charge in [-0.3, -0.25) is 4.79 Å². The number of nitrogens with one attached hydrogen (secondary N) is 1. The van der Waals surface area contributed by atoms with E-state index in [4.69, 9.17) is 4.84 Å². The zero-order valence-corrected chi connectivity index (χ0v) is 16.2. The summed E-state index contributed by atoms with van der Waals surface area (Å²) in [6.45, 7) is 10.3. The Bertz CT molecular complexity index is 741. The van der Waals surface area contributed by atoms with E-state index < -0.39 is 6.10 Å². The minimum absolute atomic E-state index is 0.119. The van der Waals surface area contributed by atoms with E-state index in [-0.39, 0.29) is 11.3 Å². The molecule has 1 N–H and O–H groups in total. The van der Waals surface area contributed by atoms with Crippen molar-refractivity contribution in [3.63, 3.8) is 0 Å². The molecule has 1 unspecified atom stereocenters. The lowest BCUT2D eigenvalue weighted by Crippen LogP contribution is -2.26. The largest absolute Gasteiger partial charge is 0.383 e. The van der Waals surface area contributed by atoms with Crippen LogP contribution in [0.5, 0.6) is 0 Å².